The van der Waals surface area contributed by atoms with Gasteiger partial charge in [0.25, 0.3) is 5.91 Å². The molecule has 1 aromatic carbocycles. The second-order valence-electron chi connectivity index (χ2n) is 4.22. The van der Waals surface area contributed by atoms with Crippen LogP contribution >= 0.6 is 15.9 Å². The molecule has 0 aliphatic carbocycles. The van der Waals surface area contributed by atoms with E-state index in [1.807, 2.05) is 31.2 Å². The molecule has 2 aromatic rings. The van der Waals surface area contributed by atoms with Gasteiger partial charge in [-0.1, -0.05) is 28.1 Å². The molecule has 1 unspecified atom stereocenters. The lowest BCUT2D eigenvalue weighted by Gasteiger charge is -2.14. The van der Waals surface area contributed by atoms with Crippen molar-refractivity contribution in [2.75, 3.05) is 5.73 Å². The third-order valence-corrected chi connectivity index (χ3v) is 3.23. The SMILES string of the molecule is CC(NC(=O)c1ccnc(N)c1)c1cccc(Br)c1. The Morgan fingerprint density at radius 3 is 2.84 bits per heavy atom. The van der Waals surface area contributed by atoms with Crippen molar-refractivity contribution in [3.8, 4) is 0 Å². The van der Waals surface area contributed by atoms with E-state index in [9.17, 15) is 4.79 Å². The molecule has 1 atom stereocenters. The van der Waals surface area contributed by atoms with Gasteiger partial charge in [-0.05, 0) is 36.8 Å². The van der Waals surface area contributed by atoms with E-state index in [4.69, 9.17) is 5.73 Å². The first-order valence-corrected chi connectivity index (χ1v) is 6.63. The highest BCUT2D eigenvalue weighted by Gasteiger charge is 2.11. The quantitative estimate of drug-likeness (QED) is 0.914. The van der Waals surface area contributed by atoms with Gasteiger partial charge in [-0.3, -0.25) is 4.79 Å². The third-order valence-electron chi connectivity index (χ3n) is 2.74. The molecular weight excluding hydrogens is 306 g/mol. The number of hydrogen-bond acceptors (Lipinski definition) is 3. The number of nitrogens with two attached hydrogens (primary N) is 1. The van der Waals surface area contributed by atoms with E-state index >= 15 is 0 Å². The van der Waals surface area contributed by atoms with Gasteiger partial charge in [0.05, 0.1) is 6.04 Å². The maximum atomic E-state index is 12.1. The van der Waals surface area contributed by atoms with Crippen LogP contribution in [0, 0.1) is 0 Å². The molecule has 0 aliphatic heterocycles. The number of carbonyl (C=O) groups is 1. The van der Waals surface area contributed by atoms with Gasteiger partial charge in [0.2, 0.25) is 0 Å². The molecular formula is C14H14BrN3O. The standard InChI is InChI=1S/C14H14BrN3O/c1-9(10-3-2-4-12(15)7-10)18-14(19)11-5-6-17-13(16)8-11/h2-9H,1H3,(H2,16,17)(H,18,19). The molecule has 0 spiro atoms. The maximum absolute atomic E-state index is 12.1. The zero-order chi connectivity index (χ0) is 13.8. The maximum Gasteiger partial charge on any atom is 0.251 e. The van der Waals surface area contributed by atoms with Gasteiger partial charge in [-0.25, -0.2) is 4.98 Å². The number of hydrogen-bond donors (Lipinski definition) is 2. The van der Waals surface area contributed by atoms with E-state index in [2.05, 4.69) is 26.2 Å². The Labute approximate surface area is 120 Å². The van der Waals surface area contributed by atoms with Crippen LogP contribution in [0.4, 0.5) is 5.82 Å². The summed E-state index contributed by atoms with van der Waals surface area (Å²) in [4.78, 5) is 15.9. The molecule has 19 heavy (non-hydrogen) atoms. The highest BCUT2D eigenvalue weighted by Crippen LogP contribution is 2.18. The van der Waals surface area contributed by atoms with Crippen LogP contribution in [-0.2, 0) is 0 Å². The first kappa shape index (κ1) is 13.5. The van der Waals surface area contributed by atoms with Crippen LogP contribution in [0.5, 0.6) is 0 Å². The van der Waals surface area contributed by atoms with Crippen molar-refractivity contribution < 1.29 is 4.79 Å². The van der Waals surface area contributed by atoms with Gasteiger partial charge in [-0.2, -0.15) is 0 Å². The Morgan fingerprint density at radius 2 is 2.16 bits per heavy atom. The highest BCUT2D eigenvalue weighted by molar-refractivity contribution is 9.10. The summed E-state index contributed by atoms with van der Waals surface area (Å²) in [5.74, 6) is 0.171. The molecule has 3 N–H and O–H groups in total. The number of nitrogens with one attached hydrogen (secondary N) is 1. The van der Waals surface area contributed by atoms with Gasteiger partial charge < -0.3 is 11.1 Å². The number of pyridine rings is 1. The summed E-state index contributed by atoms with van der Waals surface area (Å²) in [5, 5.41) is 2.92. The van der Waals surface area contributed by atoms with Crippen molar-refractivity contribution in [3.05, 3.63) is 58.2 Å². The molecule has 0 saturated heterocycles. The lowest BCUT2D eigenvalue weighted by Crippen LogP contribution is -2.26. The minimum absolute atomic E-state index is 0.0839. The number of nitrogen functional groups attached to an aromatic ring is 1. The van der Waals surface area contributed by atoms with Crippen LogP contribution in [0.3, 0.4) is 0 Å². The molecule has 0 radical (unpaired) electrons. The fraction of sp³-hybridized carbons (Fsp3) is 0.143. The number of halogens is 1. The Bertz CT molecular complexity index is 601. The van der Waals surface area contributed by atoms with Crippen LogP contribution in [0.2, 0.25) is 0 Å². The van der Waals surface area contributed by atoms with Crippen LogP contribution in [-0.4, -0.2) is 10.9 Å². The lowest BCUT2D eigenvalue weighted by atomic mass is 10.1. The van der Waals surface area contributed by atoms with Crippen molar-refractivity contribution in [1.29, 1.82) is 0 Å². The normalized spacial score (nSPS) is 11.9. The molecule has 1 heterocycles. The Morgan fingerprint density at radius 1 is 1.37 bits per heavy atom. The van der Waals surface area contributed by atoms with Gasteiger partial charge >= 0.3 is 0 Å². The number of rotatable bonds is 3. The van der Waals surface area contributed by atoms with Crippen molar-refractivity contribution in [1.82, 2.24) is 10.3 Å². The Hall–Kier alpha value is -1.88. The first-order valence-electron chi connectivity index (χ1n) is 5.84. The largest absolute Gasteiger partial charge is 0.384 e. The lowest BCUT2D eigenvalue weighted by molar-refractivity contribution is 0.0940. The summed E-state index contributed by atoms with van der Waals surface area (Å²) < 4.78 is 0.985. The van der Waals surface area contributed by atoms with Crippen LogP contribution < -0.4 is 11.1 Å². The Kier molecular flexibility index (Phi) is 4.16. The van der Waals surface area contributed by atoms with Crippen molar-refractivity contribution in [3.63, 3.8) is 0 Å². The second-order valence-corrected chi connectivity index (χ2v) is 5.14. The molecule has 98 valence electrons. The number of anilines is 1. The third kappa shape index (κ3) is 3.54. The van der Waals surface area contributed by atoms with E-state index in [1.165, 1.54) is 6.20 Å². The first-order chi connectivity index (χ1) is 9.06. The topological polar surface area (TPSA) is 68.0 Å². The smallest absolute Gasteiger partial charge is 0.251 e. The predicted molar refractivity (Wildman–Crippen MR) is 78.7 cm³/mol. The van der Waals surface area contributed by atoms with Crippen molar-refractivity contribution in [2.24, 2.45) is 0 Å². The van der Waals surface area contributed by atoms with E-state index in [-0.39, 0.29) is 11.9 Å². The molecule has 0 fully saturated rings. The number of aromatic nitrogens is 1. The van der Waals surface area contributed by atoms with Crippen molar-refractivity contribution in [2.45, 2.75) is 13.0 Å². The van der Waals surface area contributed by atoms with Crippen LogP contribution in [0.25, 0.3) is 0 Å². The van der Waals surface area contributed by atoms with E-state index in [1.54, 1.807) is 12.1 Å². The number of carbonyl (C=O) groups excluding carboxylic acids is 1. The highest BCUT2D eigenvalue weighted by atomic mass is 79.9. The molecule has 0 aliphatic rings. The minimum Gasteiger partial charge on any atom is -0.384 e. The number of amides is 1. The number of benzene rings is 1. The molecule has 2 rings (SSSR count). The number of nitrogens with zero attached hydrogens (tertiary/aromatic N) is 1. The van der Waals surface area contributed by atoms with E-state index in [0.717, 1.165) is 10.0 Å². The molecule has 5 heteroatoms. The molecule has 1 amide bonds. The summed E-state index contributed by atoms with van der Waals surface area (Å²) in [6, 6.07) is 10.9. The monoisotopic (exact) mass is 319 g/mol. The fourth-order valence-corrected chi connectivity index (χ4v) is 2.15. The average molecular weight is 320 g/mol. The molecule has 4 nitrogen and oxygen atoms in total. The zero-order valence-corrected chi connectivity index (χ0v) is 12.0. The fourth-order valence-electron chi connectivity index (χ4n) is 1.73. The zero-order valence-electron chi connectivity index (χ0n) is 10.4. The summed E-state index contributed by atoms with van der Waals surface area (Å²) in [6.45, 7) is 1.93. The van der Waals surface area contributed by atoms with E-state index in [0.29, 0.717) is 11.4 Å². The van der Waals surface area contributed by atoms with Crippen LogP contribution in [0.1, 0.15) is 28.9 Å². The van der Waals surface area contributed by atoms with Gasteiger partial charge in [0, 0.05) is 16.2 Å². The Balaban J connectivity index is 2.11. The summed E-state index contributed by atoms with van der Waals surface area (Å²) in [5.41, 5.74) is 7.10. The molecule has 0 bridgehead atoms. The second kappa shape index (κ2) is 5.84. The summed E-state index contributed by atoms with van der Waals surface area (Å²) in [7, 11) is 0. The van der Waals surface area contributed by atoms with Gasteiger partial charge in [0.1, 0.15) is 5.82 Å². The van der Waals surface area contributed by atoms with Crippen LogP contribution in [0.15, 0.2) is 47.1 Å². The minimum atomic E-state index is -0.165. The molecule has 0 saturated carbocycles. The van der Waals surface area contributed by atoms with Gasteiger partial charge in [-0.15, -0.1) is 0 Å². The summed E-state index contributed by atoms with van der Waals surface area (Å²) >= 11 is 3.41. The summed E-state index contributed by atoms with van der Waals surface area (Å²) in [6.07, 6.45) is 1.52. The van der Waals surface area contributed by atoms with Gasteiger partial charge in [0.15, 0.2) is 0 Å². The predicted octanol–water partition coefficient (Wildman–Crippen LogP) is 2.92. The average Bonchev–Trinajstić information content (AvgIpc) is 2.38. The van der Waals surface area contributed by atoms with Crippen molar-refractivity contribution >= 4 is 27.7 Å². The molecule has 1 aromatic heterocycles. The van der Waals surface area contributed by atoms with E-state index < -0.39 is 0 Å².